The van der Waals surface area contributed by atoms with Crippen LogP contribution in [-0.2, 0) is 14.4 Å². The van der Waals surface area contributed by atoms with E-state index in [9.17, 15) is 14.4 Å². The molecule has 0 aliphatic heterocycles. The van der Waals surface area contributed by atoms with Gasteiger partial charge in [-0.2, -0.15) is 0 Å². The van der Waals surface area contributed by atoms with Gasteiger partial charge in [-0.25, -0.2) is 0 Å². The molecule has 0 aromatic heterocycles. The summed E-state index contributed by atoms with van der Waals surface area (Å²) in [6.45, 7) is 11.0. The molecule has 3 N–H and O–H groups in total. The molecule has 0 aromatic rings. The summed E-state index contributed by atoms with van der Waals surface area (Å²) in [5.74, 6) is -2.16. The highest BCUT2D eigenvalue weighted by atomic mass is 16.4. The minimum absolute atomic E-state index is 0.0663. The molecule has 21 heavy (non-hydrogen) atoms. The zero-order chi connectivity index (χ0) is 16.8. The maximum Gasteiger partial charge on any atom is 0.308 e. The van der Waals surface area contributed by atoms with Gasteiger partial charge in [0, 0.05) is 12.0 Å². The van der Waals surface area contributed by atoms with Crippen LogP contribution in [0.1, 0.15) is 48.0 Å². The molecular formula is C15H28N2O4. The quantitative estimate of drug-likeness (QED) is 0.691. The Balaban J connectivity index is 4.27. The van der Waals surface area contributed by atoms with E-state index in [1.165, 1.54) is 0 Å². The van der Waals surface area contributed by atoms with Gasteiger partial charge in [-0.3, -0.25) is 14.4 Å². The molecule has 0 spiro atoms. The lowest BCUT2D eigenvalue weighted by Gasteiger charge is -2.23. The van der Waals surface area contributed by atoms with Gasteiger partial charge in [0.25, 0.3) is 0 Å². The third-order valence-electron chi connectivity index (χ3n) is 2.84. The number of amides is 2. The number of nitrogens with one attached hydrogen (secondary N) is 2. The first-order chi connectivity index (χ1) is 9.33. The van der Waals surface area contributed by atoms with Crippen molar-refractivity contribution >= 4 is 17.8 Å². The van der Waals surface area contributed by atoms with Gasteiger partial charge in [-0.1, -0.05) is 41.5 Å². The van der Waals surface area contributed by atoms with Crippen LogP contribution in [0.4, 0.5) is 0 Å². The Morgan fingerprint density at radius 3 is 1.90 bits per heavy atom. The first-order valence-electron chi connectivity index (χ1n) is 7.11. The van der Waals surface area contributed by atoms with Crippen LogP contribution in [-0.4, -0.2) is 36.0 Å². The molecule has 0 aromatic carbocycles. The second-order valence-corrected chi connectivity index (χ2v) is 7.54. The van der Waals surface area contributed by atoms with Crippen LogP contribution in [0.15, 0.2) is 0 Å². The topological polar surface area (TPSA) is 95.5 Å². The van der Waals surface area contributed by atoms with Crippen molar-refractivity contribution in [2.75, 3.05) is 13.1 Å². The molecule has 0 saturated heterocycles. The summed E-state index contributed by atoms with van der Waals surface area (Å²) >= 11 is 0. The van der Waals surface area contributed by atoms with E-state index in [1.54, 1.807) is 20.8 Å². The average molecular weight is 300 g/mol. The molecule has 0 fully saturated rings. The Morgan fingerprint density at radius 1 is 1.00 bits per heavy atom. The smallest absolute Gasteiger partial charge is 0.308 e. The fourth-order valence-electron chi connectivity index (χ4n) is 1.71. The summed E-state index contributed by atoms with van der Waals surface area (Å²) in [4.78, 5) is 34.4. The molecule has 122 valence electrons. The highest BCUT2D eigenvalue weighted by molar-refractivity contribution is 5.87. The van der Waals surface area contributed by atoms with Crippen molar-refractivity contribution in [1.82, 2.24) is 10.6 Å². The van der Waals surface area contributed by atoms with Crippen molar-refractivity contribution in [3.63, 3.8) is 0 Å². The number of hydrogen-bond acceptors (Lipinski definition) is 3. The van der Waals surface area contributed by atoms with Gasteiger partial charge in [0.1, 0.15) is 0 Å². The molecule has 0 rings (SSSR count). The molecule has 6 heteroatoms. The standard InChI is InChI=1S/C15H28N2O4/c1-14(2,3)7-10(12(19)20)8-16-11(18)9-17-13(21)15(4,5)6/h10H,7-9H2,1-6H3,(H,16,18)(H,17,21)(H,19,20). The van der Waals surface area contributed by atoms with Gasteiger partial charge in [0.05, 0.1) is 12.5 Å². The summed E-state index contributed by atoms with van der Waals surface area (Å²) in [6.07, 6.45) is 0.469. The normalized spacial score (nSPS) is 13.4. The molecule has 2 amide bonds. The van der Waals surface area contributed by atoms with Crippen LogP contribution < -0.4 is 10.6 Å². The van der Waals surface area contributed by atoms with Gasteiger partial charge in [0.2, 0.25) is 11.8 Å². The van der Waals surface area contributed by atoms with E-state index in [2.05, 4.69) is 10.6 Å². The number of carboxylic acid groups (broad SMARTS) is 1. The van der Waals surface area contributed by atoms with Crippen LogP contribution in [0, 0.1) is 16.7 Å². The summed E-state index contributed by atoms with van der Waals surface area (Å²) in [5.41, 5.74) is -0.690. The van der Waals surface area contributed by atoms with E-state index < -0.39 is 17.3 Å². The molecule has 1 unspecified atom stereocenters. The fourth-order valence-corrected chi connectivity index (χ4v) is 1.71. The van der Waals surface area contributed by atoms with Crippen molar-refractivity contribution in [2.45, 2.75) is 48.0 Å². The first kappa shape index (κ1) is 19.4. The number of aliphatic carboxylic acids is 1. The molecule has 0 bridgehead atoms. The van der Waals surface area contributed by atoms with Crippen LogP contribution in [0.3, 0.4) is 0 Å². The number of rotatable bonds is 6. The van der Waals surface area contributed by atoms with Crippen molar-refractivity contribution in [3.8, 4) is 0 Å². The average Bonchev–Trinajstić information content (AvgIpc) is 2.28. The molecular weight excluding hydrogens is 272 g/mol. The Hall–Kier alpha value is -1.59. The number of carbonyl (C=O) groups excluding carboxylic acids is 2. The van der Waals surface area contributed by atoms with Crippen LogP contribution in [0.5, 0.6) is 0 Å². The second-order valence-electron chi connectivity index (χ2n) is 7.54. The number of hydrogen-bond donors (Lipinski definition) is 3. The summed E-state index contributed by atoms with van der Waals surface area (Å²) in [6, 6.07) is 0. The largest absolute Gasteiger partial charge is 0.481 e. The van der Waals surface area contributed by atoms with E-state index in [1.807, 2.05) is 20.8 Å². The van der Waals surface area contributed by atoms with Crippen molar-refractivity contribution in [1.29, 1.82) is 0 Å². The minimum Gasteiger partial charge on any atom is -0.481 e. The maximum absolute atomic E-state index is 11.6. The molecule has 0 heterocycles. The zero-order valence-corrected chi connectivity index (χ0v) is 13.9. The molecule has 0 aliphatic carbocycles. The predicted octanol–water partition coefficient (Wildman–Crippen LogP) is 1.40. The summed E-state index contributed by atoms with van der Waals surface area (Å²) in [5, 5.41) is 14.2. The second kappa shape index (κ2) is 7.43. The van der Waals surface area contributed by atoms with Crippen LogP contribution >= 0.6 is 0 Å². The maximum atomic E-state index is 11.6. The van der Waals surface area contributed by atoms with Crippen molar-refractivity contribution < 1.29 is 19.5 Å². The number of carbonyl (C=O) groups is 3. The van der Waals surface area contributed by atoms with Gasteiger partial charge >= 0.3 is 5.97 Å². The fraction of sp³-hybridized carbons (Fsp3) is 0.800. The molecule has 0 saturated carbocycles. The van der Waals surface area contributed by atoms with Gasteiger partial charge < -0.3 is 15.7 Å². The molecule has 0 radical (unpaired) electrons. The number of carboxylic acids is 1. The minimum atomic E-state index is -0.927. The predicted molar refractivity (Wildman–Crippen MR) is 80.7 cm³/mol. The molecule has 6 nitrogen and oxygen atoms in total. The lowest BCUT2D eigenvalue weighted by atomic mass is 9.84. The Bertz CT molecular complexity index is 391. The first-order valence-corrected chi connectivity index (χ1v) is 7.11. The molecule has 1 atom stereocenters. The van der Waals surface area contributed by atoms with E-state index in [4.69, 9.17) is 5.11 Å². The van der Waals surface area contributed by atoms with Crippen molar-refractivity contribution in [2.24, 2.45) is 16.7 Å². The third kappa shape index (κ3) is 9.05. The highest BCUT2D eigenvalue weighted by Crippen LogP contribution is 2.24. The summed E-state index contributed by atoms with van der Waals surface area (Å²) < 4.78 is 0. The Kier molecular flexibility index (Phi) is 6.86. The zero-order valence-electron chi connectivity index (χ0n) is 13.9. The monoisotopic (exact) mass is 300 g/mol. The van der Waals surface area contributed by atoms with E-state index in [-0.39, 0.29) is 30.3 Å². The lowest BCUT2D eigenvalue weighted by molar-refractivity contribution is -0.142. The van der Waals surface area contributed by atoms with E-state index in [0.29, 0.717) is 6.42 Å². The van der Waals surface area contributed by atoms with Crippen LogP contribution in [0.25, 0.3) is 0 Å². The Labute approximate surface area is 126 Å². The summed E-state index contributed by atoms with van der Waals surface area (Å²) in [7, 11) is 0. The van der Waals surface area contributed by atoms with Gasteiger partial charge in [-0.15, -0.1) is 0 Å². The van der Waals surface area contributed by atoms with E-state index in [0.717, 1.165) is 0 Å². The van der Waals surface area contributed by atoms with Gasteiger partial charge in [0.15, 0.2) is 0 Å². The SMILES string of the molecule is CC(C)(C)CC(CNC(=O)CNC(=O)C(C)(C)C)C(=O)O. The Morgan fingerprint density at radius 2 is 1.52 bits per heavy atom. The third-order valence-corrected chi connectivity index (χ3v) is 2.84. The lowest BCUT2D eigenvalue weighted by Crippen LogP contribution is -2.43. The van der Waals surface area contributed by atoms with E-state index >= 15 is 0 Å². The highest BCUT2D eigenvalue weighted by Gasteiger charge is 2.25. The van der Waals surface area contributed by atoms with Crippen LogP contribution in [0.2, 0.25) is 0 Å². The van der Waals surface area contributed by atoms with Gasteiger partial charge in [-0.05, 0) is 11.8 Å². The molecule has 0 aliphatic rings. The van der Waals surface area contributed by atoms with Crippen molar-refractivity contribution in [3.05, 3.63) is 0 Å².